The zero-order valence-corrected chi connectivity index (χ0v) is 9.65. The quantitative estimate of drug-likeness (QED) is 0.870. The van der Waals surface area contributed by atoms with Crippen LogP contribution in [0.1, 0.15) is 32.4 Å². The van der Waals surface area contributed by atoms with Gasteiger partial charge in [0.1, 0.15) is 4.47 Å². The average Bonchev–Trinajstić information content (AvgIpc) is 2.36. The van der Waals surface area contributed by atoms with Crippen LogP contribution in [-0.4, -0.2) is 9.78 Å². The molecule has 0 unspecified atom stereocenters. The molecule has 3 nitrogen and oxygen atoms in total. The molecule has 0 spiro atoms. The average molecular weight is 247 g/mol. The molecular formula is C9H15BrN2O. The van der Waals surface area contributed by atoms with E-state index in [1.165, 1.54) is 0 Å². The van der Waals surface area contributed by atoms with Gasteiger partial charge in [-0.05, 0) is 28.8 Å². The van der Waals surface area contributed by atoms with Gasteiger partial charge in [0.05, 0.1) is 5.69 Å². The maximum atomic E-state index is 11.5. The Bertz CT molecular complexity index is 327. The Morgan fingerprint density at radius 1 is 1.38 bits per heavy atom. The van der Waals surface area contributed by atoms with Crippen LogP contribution in [0, 0.1) is 0 Å². The van der Waals surface area contributed by atoms with E-state index in [0.717, 1.165) is 31.5 Å². The van der Waals surface area contributed by atoms with Gasteiger partial charge in [0.15, 0.2) is 0 Å². The van der Waals surface area contributed by atoms with Gasteiger partial charge in [-0.2, -0.15) is 0 Å². The summed E-state index contributed by atoms with van der Waals surface area (Å²) in [6.45, 7) is 4.92. The minimum Gasteiger partial charge on any atom is -0.299 e. The molecule has 0 aliphatic heterocycles. The molecule has 0 saturated heterocycles. The minimum absolute atomic E-state index is 0.0605. The van der Waals surface area contributed by atoms with E-state index in [0.29, 0.717) is 4.47 Å². The Hall–Kier alpha value is -0.510. The molecule has 74 valence electrons. The molecular weight excluding hydrogens is 232 g/mol. The summed E-state index contributed by atoms with van der Waals surface area (Å²) in [5.41, 5.74) is 1.08. The molecule has 1 aromatic heterocycles. The summed E-state index contributed by atoms with van der Waals surface area (Å²) in [6.07, 6.45) is 2.94. The molecule has 1 N–H and O–H groups in total. The fraction of sp³-hybridized carbons (Fsp3) is 0.667. The molecule has 1 aromatic rings. The summed E-state index contributed by atoms with van der Waals surface area (Å²) in [5, 5.41) is 3.11. The number of hydrogen-bond acceptors (Lipinski definition) is 1. The monoisotopic (exact) mass is 246 g/mol. The van der Waals surface area contributed by atoms with Crippen LogP contribution in [0.2, 0.25) is 0 Å². The van der Waals surface area contributed by atoms with E-state index in [4.69, 9.17) is 0 Å². The summed E-state index contributed by atoms with van der Waals surface area (Å²) in [4.78, 5) is 11.5. The molecule has 1 rings (SSSR count). The maximum Gasteiger partial charge on any atom is 0.281 e. The minimum atomic E-state index is 0.0605. The van der Waals surface area contributed by atoms with Gasteiger partial charge in [-0.1, -0.05) is 20.3 Å². The molecule has 1 heterocycles. The van der Waals surface area contributed by atoms with Gasteiger partial charge in [0.25, 0.3) is 5.56 Å². The van der Waals surface area contributed by atoms with E-state index < -0.39 is 0 Å². The van der Waals surface area contributed by atoms with Gasteiger partial charge >= 0.3 is 0 Å². The van der Waals surface area contributed by atoms with Crippen molar-refractivity contribution in [1.82, 2.24) is 9.78 Å². The van der Waals surface area contributed by atoms with Crippen molar-refractivity contribution in [3.63, 3.8) is 0 Å². The van der Waals surface area contributed by atoms with Crippen LogP contribution in [0.5, 0.6) is 0 Å². The fourth-order valence-corrected chi connectivity index (χ4v) is 1.81. The molecule has 0 saturated carbocycles. The third-order valence-corrected chi connectivity index (χ3v) is 2.73. The molecule has 13 heavy (non-hydrogen) atoms. The Labute approximate surface area is 86.3 Å². The summed E-state index contributed by atoms with van der Waals surface area (Å²) in [6, 6.07) is 0. The highest BCUT2D eigenvalue weighted by molar-refractivity contribution is 9.10. The highest BCUT2D eigenvalue weighted by Crippen LogP contribution is 2.11. The number of nitrogens with zero attached hydrogens (tertiary/aromatic N) is 1. The van der Waals surface area contributed by atoms with E-state index >= 15 is 0 Å². The van der Waals surface area contributed by atoms with Crippen molar-refractivity contribution in [2.24, 2.45) is 0 Å². The van der Waals surface area contributed by atoms with Crippen LogP contribution in [0.3, 0.4) is 0 Å². The molecule has 0 atom stereocenters. The van der Waals surface area contributed by atoms with Gasteiger partial charge in [-0.15, -0.1) is 0 Å². The van der Waals surface area contributed by atoms with Gasteiger partial charge in [-0.25, -0.2) is 0 Å². The van der Waals surface area contributed by atoms with E-state index in [1.807, 2.05) is 0 Å². The standard InChI is InChI=1S/C9H15BrN2O/c1-3-5-7-8(10)9(13)12(11-7)6-4-2/h11H,3-6H2,1-2H3. The Morgan fingerprint density at radius 3 is 2.62 bits per heavy atom. The molecule has 0 aliphatic carbocycles. The number of halogens is 1. The number of nitrogens with one attached hydrogen (secondary N) is 1. The lowest BCUT2D eigenvalue weighted by atomic mass is 10.3. The van der Waals surface area contributed by atoms with Crippen molar-refractivity contribution in [2.45, 2.75) is 39.7 Å². The highest BCUT2D eigenvalue weighted by Gasteiger charge is 2.09. The van der Waals surface area contributed by atoms with Crippen LogP contribution in [0.25, 0.3) is 0 Å². The van der Waals surface area contributed by atoms with Crippen molar-refractivity contribution in [1.29, 1.82) is 0 Å². The molecule has 0 aliphatic rings. The number of hydrogen-bond donors (Lipinski definition) is 1. The second-order valence-electron chi connectivity index (χ2n) is 3.11. The first-order valence-electron chi connectivity index (χ1n) is 4.67. The predicted molar refractivity (Wildman–Crippen MR) is 57.0 cm³/mol. The smallest absolute Gasteiger partial charge is 0.281 e. The second kappa shape index (κ2) is 4.65. The van der Waals surface area contributed by atoms with E-state index in [9.17, 15) is 4.79 Å². The second-order valence-corrected chi connectivity index (χ2v) is 3.90. The van der Waals surface area contributed by atoms with E-state index in [1.54, 1.807) is 4.68 Å². The molecule has 0 aromatic carbocycles. The zero-order valence-electron chi connectivity index (χ0n) is 8.06. The molecule has 0 radical (unpaired) electrons. The number of aryl methyl sites for hydroxylation is 2. The first-order valence-corrected chi connectivity index (χ1v) is 5.47. The number of H-pyrrole nitrogens is 1. The lowest BCUT2D eigenvalue weighted by Crippen LogP contribution is -2.16. The molecule has 4 heteroatoms. The van der Waals surface area contributed by atoms with Crippen LogP contribution >= 0.6 is 15.9 Å². The first kappa shape index (κ1) is 10.6. The third-order valence-electron chi connectivity index (χ3n) is 1.91. The van der Waals surface area contributed by atoms with Crippen LogP contribution < -0.4 is 5.56 Å². The van der Waals surface area contributed by atoms with Crippen LogP contribution in [-0.2, 0) is 13.0 Å². The number of rotatable bonds is 4. The summed E-state index contributed by atoms with van der Waals surface area (Å²) in [5.74, 6) is 0. The molecule has 0 fully saturated rings. The van der Waals surface area contributed by atoms with Crippen molar-refractivity contribution < 1.29 is 0 Å². The van der Waals surface area contributed by atoms with Crippen molar-refractivity contribution >= 4 is 15.9 Å². The van der Waals surface area contributed by atoms with Gasteiger partial charge < -0.3 is 0 Å². The van der Waals surface area contributed by atoms with Crippen LogP contribution in [0.4, 0.5) is 0 Å². The zero-order chi connectivity index (χ0) is 9.84. The van der Waals surface area contributed by atoms with E-state index in [2.05, 4.69) is 34.9 Å². The Morgan fingerprint density at radius 2 is 2.08 bits per heavy atom. The largest absolute Gasteiger partial charge is 0.299 e. The van der Waals surface area contributed by atoms with Crippen molar-refractivity contribution in [3.8, 4) is 0 Å². The summed E-state index contributed by atoms with van der Waals surface area (Å²) in [7, 11) is 0. The normalized spacial score (nSPS) is 10.7. The van der Waals surface area contributed by atoms with Gasteiger partial charge in [0, 0.05) is 6.54 Å². The van der Waals surface area contributed by atoms with Crippen LogP contribution in [0.15, 0.2) is 9.27 Å². The number of aromatic amines is 1. The summed E-state index contributed by atoms with van der Waals surface area (Å²) >= 11 is 3.31. The lowest BCUT2D eigenvalue weighted by molar-refractivity contribution is 0.576. The van der Waals surface area contributed by atoms with E-state index in [-0.39, 0.29) is 5.56 Å². The summed E-state index contributed by atoms with van der Waals surface area (Å²) < 4.78 is 2.36. The lowest BCUT2D eigenvalue weighted by Gasteiger charge is -1.97. The fourth-order valence-electron chi connectivity index (χ4n) is 1.31. The third kappa shape index (κ3) is 2.24. The first-order chi connectivity index (χ1) is 6.20. The highest BCUT2D eigenvalue weighted by atomic mass is 79.9. The Balaban J connectivity index is 2.98. The SMILES string of the molecule is CCCc1[nH]n(CCC)c(=O)c1Br. The molecule has 0 amide bonds. The topological polar surface area (TPSA) is 37.8 Å². The van der Waals surface area contributed by atoms with Gasteiger partial charge in [-0.3, -0.25) is 14.6 Å². The van der Waals surface area contributed by atoms with Crippen molar-refractivity contribution in [2.75, 3.05) is 0 Å². The predicted octanol–water partition coefficient (Wildman–Crippen LogP) is 2.30. The molecule has 0 bridgehead atoms. The van der Waals surface area contributed by atoms with Gasteiger partial charge in [0.2, 0.25) is 0 Å². The number of aromatic nitrogens is 2. The maximum absolute atomic E-state index is 11.5. The Kier molecular flexibility index (Phi) is 3.78. The van der Waals surface area contributed by atoms with Crippen molar-refractivity contribution in [3.05, 3.63) is 20.5 Å².